The second-order valence-corrected chi connectivity index (χ2v) is 8.61. The lowest BCUT2D eigenvalue weighted by Gasteiger charge is -2.11. The second-order valence-electron chi connectivity index (χ2n) is 6.52. The summed E-state index contributed by atoms with van der Waals surface area (Å²) in [7, 11) is -3.96. The Morgan fingerprint density at radius 1 is 0.935 bits per heavy atom. The number of hydrogen-bond donors (Lipinski definition) is 1. The summed E-state index contributed by atoms with van der Waals surface area (Å²) >= 11 is 5.97. The topological polar surface area (TPSA) is 107 Å². The van der Waals surface area contributed by atoms with Crippen molar-refractivity contribution in [2.45, 2.75) is 4.90 Å². The summed E-state index contributed by atoms with van der Waals surface area (Å²) in [6.07, 6.45) is 0. The molecule has 0 saturated heterocycles. The first-order valence-electron chi connectivity index (χ1n) is 9.03. The molecule has 0 atom stereocenters. The van der Waals surface area contributed by atoms with Crippen molar-refractivity contribution in [1.82, 2.24) is 9.89 Å². The number of nitrogens with zero attached hydrogens (tertiary/aromatic N) is 3. The number of nitro benzene ring substituents is 1. The highest BCUT2D eigenvalue weighted by molar-refractivity contribution is 7.92. The minimum atomic E-state index is -3.96. The van der Waals surface area contributed by atoms with Crippen LogP contribution < -0.4 is 4.83 Å². The molecule has 1 N–H and O–H groups in total. The van der Waals surface area contributed by atoms with E-state index in [4.69, 9.17) is 11.6 Å². The number of nitrogens with one attached hydrogen (secondary N) is 1. The smallest absolute Gasteiger partial charge is 0.258 e. The molecule has 0 aliphatic heterocycles. The van der Waals surface area contributed by atoms with Crippen LogP contribution in [0.5, 0.6) is 0 Å². The van der Waals surface area contributed by atoms with Crippen LogP contribution in [0.3, 0.4) is 0 Å². The van der Waals surface area contributed by atoms with Gasteiger partial charge in [0.1, 0.15) is 5.69 Å². The number of para-hydroxylation sites is 1. The Morgan fingerprint density at radius 3 is 2.26 bits per heavy atom. The summed E-state index contributed by atoms with van der Waals surface area (Å²) in [6.45, 7) is 0. The highest BCUT2D eigenvalue weighted by Crippen LogP contribution is 2.32. The van der Waals surface area contributed by atoms with E-state index in [1.54, 1.807) is 66.7 Å². The van der Waals surface area contributed by atoms with Crippen LogP contribution in [0.15, 0.2) is 89.8 Å². The van der Waals surface area contributed by atoms with Crippen LogP contribution in [-0.4, -0.2) is 23.2 Å². The first-order valence-corrected chi connectivity index (χ1v) is 10.9. The molecule has 4 aromatic rings. The predicted molar refractivity (Wildman–Crippen MR) is 118 cm³/mol. The molecule has 0 saturated carbocycles. The quantitative estimate of drug-likeness (QED) is 0.335. The molecule has 1 heterocycles. The Hall–Kier alpha value is -3.69. The van der Waals surface area contributed by atoms with Gasteiger partial charge in [-0.25, -0.2) is 0 Å². The van der Waals surface area contributed by atoms with Crippen LogP contribution >= 0.6 is 11.6 Å². The highest BCUT2D eigenvalue weighted by Gasteiger charge is 2.22. The number of rotatable bonds is 6. The van der Waals surface area contributed by atoms with E-state index in [0.717, 1.165) is 4.79 Å². The Morgan fingerprint density at radius 2 is 1.58 bits per heavy atom. The molecular formula is C21H15ClN4O4S. The van der Waals surface area contributed by atoms with E-state index in [2.05, 4.69) is 9.93 Å². The number of benzene rings is 3. The van der Waals surface area contributed by atoms with Crippen molar-refractivity contribution in [2.75, 3.05) is 4.83 Å². The molecule has 8 nitrogen and oxygen atoms in total. The summed E-state index contributed by atoms with van der Waals surface area (Å²) in [6, 6.07) is 22.3. The van der Waals surface area contributed by atoms with Crippen molar-refractivity contribution < 1.29 is 13.3 Å². The lowest BCUT2D eigenvalue weighted by molar-refractivity contribution is -0.384. The first-order chi connectivity index (χ1) is 14.8. The van der Waals surface area contributed by atoms with Gasteiger partial charge in [-0.15, -0.1) is 0 Å². The standard InChI is InChI=1S/C21H15ClN4O4S/c22-16-12-10-15(11-13-16)21-14-19(18-8-4-5-9-20(18)26(27)28)23-25(21)24-31(29,30)17-6-2-1-3-7-17/h1-14,24H. The Balaban J connectivity index is 1.86. The zero-order valence-electron chi connectivity index (χ0n) is 15.8. The molecule has 0 fully saturated rings. The third-order valence-corrected chi connectivity index (χ3v) is 6.04. The normalized spacial score (nSPS) is 11.3. The Bertz CT molecular complexity index is 1350. The summed E-state index contributed by atoms with van der Waals surface area (Å²) in [5, 5.41) is 16.3. The summed E-state index contributed by atoms with van der Waals surface area (Å²) in [4.78, 5) is 14.5. The van der Waals surface area contributed by atoms with Gasteiger partial charge < -0.3 is 0 Å². The van der Waals surface area contributed by atoms with E-state index in [1.165, 1.54) is 18.2 Å². The average Bonchev–Trinajstić information content (AvgIpc) is 3.17. The molecule has 0 amide bonds. The number of hydrogen-bond acceptors (Lipinski definition) is 5. The monoisotopic (exact) mass is 454 g/mol. The molecule has 156 valence electrons. The zero-order valence-corrected chi connectivity index (χ0v) is 17.4. The van der Waals surface area contributed by atoms with Gasteiger partial charge in [0.25, 0.3) is 15.7 Å². The molecule has 0 spiro atoms. The number of sulfonamides is 1. The summed E-state index contributed by atoms with van der Waals surface area (Å²) in [5.74, 6) is 0. The molecule has 0 bridgehead atoms. The van der Waals surface area contributed by atoms with Crippen LogP contribution in [0.2, 0.25) is 5.02 Å². The van der Waals surface area contributed by atoms with E-state index in [1.807, 2.05) is 0 Å². The van der Waals surface area contributed by atoms with E-state index < -0.39 is 14.9 Å². The fourth-order valence-corrected chi connectivity index (χ4v) is 4.14. The number of nitro groups is 1. The highest BCUT2D eigenvalue weighted by atomic mass is 35.5. The zero-order chi connectivity index (χ0) is 22.0. The van der Waals surface area contributed by atoms with Crippen molar-refractivity contribution in [3.05, 3.63) is 100 Å². The lowest BCUT2D eigenvalue weighted by Crippen LogP contribution is -2.25. The molecule has 10 heteroatoms. The molecule has 3 aromatic carbocycles. The minimum Gasteiger partial charge on any atom is -0.258 e. The van der Waals surface area contributed by atoms with Crippen LogP contribution in [0, 0.1) is 10.1 Å². The Kier molecular flexibility index (Phi) is 5.45. The molecule has 0 unspecified atom stereocenters. The van der Waals surface area contributed by atoms with E-state index in [0.29, 0.717) is 16.3 Å². The van der Waals surface area contributed by atoms with Crippen LogP contribution in [0.4, 0.5) is 5.69 Å². The van der Waals surface area contributed by atoms with Gasteiger partial charge in [0.2, 0.25) is 0 Å². The van der Waals surface area contributed by atoms with Crippen LogP contribution in [0.1, 0.15) is 0 Å². The molecule has 0 aliphatic rings. The molecule has 4 rings (SSSR count). The van der Waals surface area contributed by atoms with Crippen molar-refractivity contribution >= 4 is 27.3 Å². The van der Waals surface area contributed by atoms with Crippen molar-refractivity contribution in [3.63, 3.8) is 0 Å². The van der Waals surface area contributed by atoms with Gasteiger partial charge in [-0.2, -0.15) is 23.1 Å². The number of aromatic nitrogens is 2. The minimum absolute atomic E-state index is 0.0554. The maximum Gasteiger partial charge on any atom is 0.278 e. The predicted octanol–water partition coefficient (Wildman–Crippen LogP) is 4.71. The molecule has 31 heavy (non-hydrogen) atoms. The molecular weight excluding hydrogens is 440 g/mol. The fraction of sp³-hybridized carbons (Fsp3) is 0. The fourth-order valence-electron chi connectivity index (χ4n) is 3.02. The number of halogens is 1. The van der Waals surface area contributed by atoms with E-state index in [9.17, 15) is 18.5 Å². The average molecular weight is 455 g/mol. The third-order valence-electron chi connectivity index (χ3n) is 4.49. The maximum atomic E-state index is 12.9. The lowest BCUT2D eigenvalue weighted by atomic mass is 10.1. The van der Waals surface area contributed by atoms with Crippen molar-refractivity contribution in [3.8, 4) is 22.5 Å². The van der Waals surface area contributed by atoms with E-state index in [-0.39, 0.29) is 21.8 Å². The van der Waals surface area contributed by atoms with Crippen molar-refractivity contribution in [2.24, 2.45) is 0 Å². The van der Waals surface area contributed by atoms with Crippen LogP contribution in [0.25, 0.3) is 22.5 Å². The van der Waals surface area contributed by atoms with Gasteiger partial charge >= 0.3 is 0 Å². The van der Waals surface area contributed by atoms with Gasteiger partial charge in [-0.1, -0.05) is 54.1 Å². The van der Waals surface area contributed by atoms with Gasteiger partial charge in [-0.05, 0) is 36.4 Å². The van der Waals surface area contributed by atoms with Gasteiger partial charge in [0.05, 0.1) is 21.1 Å². The van der Waals surface area contributed by atoms with Gasteiger partial charge in [0, 0.05) is 16.7 Å². The summed E-state index contributed by atoms with van der Waals surface area (Å²) < 4.78 is 25.7. The third kappa shape index (κ3) is 4.27. The SMILES string of the molecule is O=[N+]([O-])c1ccccc1-c1cc(-c2ccc(Cl)cc2)n(NS(=O)(=O)c2ccccc2)n1. The molecule has 0 radical (unpaired) electrons. The van der Waals surface area contributed by atoms with E-state index >= 15 is 0 Å². The van der Waals surface area contributed by atoms with Crippen LogP contribution in [-0.2, 0) is 10.0 Å². The second kappa shape index (κ2) is 8.21. The van der Waals surface area contributed by atoms with Gasteiger partial charge in [0.15, 0.2) is 0 Å². The van der Waals surface area contributed by atoms with Crippen molar-refractivity contribution in [1.29, 1.82) is 0 Å². The van der Waals surface area contributed by atoms with Gasteiger partial charge in [-0.3, -0.25) is 10.1 Å². The Labute approximate surface area is 182 Å². The molecule has 0 aliphatic carbocycles. The largest absolute Gasteiger partial charge is 0.278 e. The first kappa shape index (κ1) is 20.6. The maximum absolute atomic E-state index is 12.9. The summed E-state index contributed by atoms with van der Waals surface area (Å²) in [5.41, 5.74) is 1.39. The molecule has 1 aromatic heterocycles.